The third-order valence-electron chi connectivity index (χ3n) is 5.01. The van der Waals surface area contributed by atoms with E-state index in [0.717, 1.165) is 16.4 Å². The molecular formula is C24H33FN2O3S. The first-order valence-corrected chi connectivity index (χ1v) is 11.5. The van der Waals surface area contributed by atoms with Crippen molar-refractivity contribution in [3.05, 3.63) is 53.3 Å². The number of carbonyl (C=O) groups is 1. The minimum Gasteiger partial charge on any atom is -0.491 e. The minimum absolute atomic E-state index is 0.0655. The van der Waals surface area contributed by atoms with Gasteiger partial charge in [-0.25, -0.2) is 9.22 Å². The lowest BCUT2D eigenvalue weighted by Crippen LogP contribution is -2.24. The monoisotopic (exact) mass is 448 g/mol. The zero-order valence-electron chi connectivity index (χ0n) is 18.6. The van der Waals surface area contributed by atoms with Crippen LogP contribution in [0.2, 0.25) is 0 Å². The van der Waals surface area contributed by atoms with Gasteiger partial charge in [-0.3, -0.25) is 10.2 Å². The number of hydrogen-bond donors (Lipinski definition) is 2. The standard InChI is InChI=1S/C17H17FO3.C7H16N2S/c1-12-8-14(9-15(11-19)17(12)18)13-4-3-5-16(10-13)21-7-6-20-2;1-8-9-10-7-5-3-2-4-6-7/h3-5,8-11H,6-7H2,1-2H3;7-9H,2-6H2,1H3. The van der Waals surface area contributed by atoms with Crippen LogP contribution in [0, 0.1) is 12.7 Å². The maximum atomic E-state index is 13.7. The number of carbonyl (C=O) groups excluding carboxylic acids is 1. The first kappa shape index (κ1) is 25.3. The number of rotatable bonds is 9. The van der Waals surface area contributed by atoms with Gasteiger partial charge in [-0.2, -0.15) is 0 Å². The normalized spacial score (nSPS) is 13.9. The number of aryl methyl sites for hydroxylation is 1. The van der Waals surface area contributed by atoms with Crippen molar-refractivity contribution in [1.82, 2.24) is 10.3 Å². The van der Waals surface area contributed by atoms with Crippen molar-refractivity contribution in [3.8, 4) is 16.9 Å². The Morgan fingerprint density at radius 3 is 2.58 bits per heavy atom. The van der Waals surface area contributed by atoms with Crippen LogP contribution in [-0.4, -0.2) is 38.9 Å². The fourth-order valence-electron chi connectivity index (χ4n) is 3.38. The van der Waals surface area contributed by atoms with Crippen LogP contribution in [0.5, 0.6) is 5.75 Å². The Balaban J connectivity index is 0.000000285. The van der Waals surface area contributed by atoms with Gasteiger partial charge in [0.15, 0.2) is 6.29 Å². The Morgan fingerprint density at radius 2 is 1.90 bits per heavy atom. The highest BCUT2D eigenvalue weighted by Crippen LogP contribution is 2.27. The maximum Gasteiger partial charge on any atom is 0.153 e. The molecule has 0 spiro atoms. The van der Waals surface area contributed by atoms with Crippen molar-refractivity contribution in [2.24, 2.45) is 0 Å². The Morgan fingerprint density at radius 1 is 1.13 bits per heavy atom. The molecule has 0 atom stereocenters. The molecular weight excluding hydrogens is 415 g/mol. The van der Waals surface area contributed by atoms with Gasteiger partial charge in [-0.1, -0.05) is 43.3 Å². The second-order valence-corrected chi connectivity index (χ2v) is 8.52. The fourth-order valence-corrected chi connectivity index (χ4v) is 4.24. The van der Waals surface area contributed by atoms with E-state index in [1.807, 2.05) is 43.3 Å². The quantitative estimate of drug-likeness (QED) is 0.234. The number of halogens is 1. The minimum atomic E-state index is -0.471. The molecule has 1 aliphatic carbocycles. The second-order valence-electron chi connectivity index (χ2n) is 7.41. The van der Waals surface area contributed by atoms with E-state index in [2.05, 4.69) is 10.3 Å². The number of benzene rings is 2. The molecule has 0 amide bonds. The van der Waals surface area contributed by atoms with E-state index in [4.69, 9.17) is 9.47 Å². The lowest BCUT2D eigenvalue weighted by Gasteiger charge is -2.20. The third-order valence-corrected chi connectivity index (χ3v) is 6.14. The summed E-state index contributed by atoms with van der Waals surface area (Å²) in [6.45, 7) is 2.61. The molecule has 3 rings (SSSR count). The predicted molar refractivity (Wildman–Crippen MR) is 126 cm³/mol. The van der Waals surface area contributed by atoms with Gasteiger partial charge in [-0.15, -0.1) is 0 Å². The van der Waals surface area contributed by atoms with Crippen molar-refractivity contribution in [2.45, 2.75) is 44.3 Å². The lowest BCUT2D eigenvalue weighted by atomic mass is 10.00. The van der Waals surface area contributed by atoms with Crippen molar-refractivity contribution < 1.29 is 18.7 Å². The SMILES string of the molecule is CNNSC1CCCCC1.COCCOc1cccc(-c2cc(C)c(F)c(C=O)c2)c1. The Hall–Kier alpha value is -1.93. The van der Waals surface area contributed by atoms with E-state index in [-0.39, 0.29) is 5.56 Å². The van der Waals surface area contributed by atoms with Crippen molar-refractivity contribution >= 4 is 18.2 Å². The fraction of sp³-hybridized carbons (Fsp3) is 0.458. The molecule has 0 unspecified atom stereocenters. The van der Waals surface area contributed by atoms with E-state index < -0.39 is 5.82 Å². The Kier molecular flexibility index (Phi) is 11.6. The predicted octanol–water partition coefficient (Wildman–Crippen LogP) is 5.33. The van der Waals surface area contributed by atoms with Gasteiger partial charge in [0.2, 0.25) is 0 Å². The molecule has 1 aliphatic rings. The van der Waals surface area contributed by atoms with Gasteiger partial charge in [0.1, 0.15) is 18.2 Å². The van der Waals surface area contributed by atoms with Crippen molar-refractivity contribution in [1.29, 1.82) is 0 Å². The molecule has 5 nitrogen and oxygen atoms in total. The van der Waals surface area contributed by atoms with Crippen molar-refractivity contribution in [3.63, 3.8) is 0 Å². The van der Waals surface area contributed by atoms with Crippen molar-refractivity contribution in [2.75, 3.05) is 27.4 Å². The number of hydrogen-bond acceptors (Lipinski definition) is 6. The van der Waals surface area contributed by atoms with Crippen LogP contribution in [0.1, 0.15) is 48.0 Å². The molecule has 0 heterocycles. The molecule has 0 radical (unpaired) electrons. The summed E-state index contributed by atoms with van der Waals surface area (Å²) in [4.78, 5) is 14.0. The molecule has 0 bridgehead atoms. The van der Waals surface area contributed by atoms with Crippen LogP contribution < -0.4 is 15.0 Å². The summed E-state index contributed by atoms with van der Waals surface area (Å²) in [6, 6.07) is 10.7. The molecule has 0 saturated heterocycles. The summed E-state index contributed by atoms with van der Waals surface area (Å²) >= 11 is 1.84. The van der Waals surface area contributed by atoms with Gasteiger partial charge in [-0.05, 0) is 67.8 Å². The second kappa shape index (κ2) is 14.2. The van der Waals surface area contributed by atoms with Gasteiger partial charge in [0.05, 0.1) is 12.2 Å². The number of nitrogens with one attached hydrogen (secondary N) is 2. The van der Waals surface area contributed by atoms with Crippen LogP contribution in [0.25, 0.3) is 11.1 Å². The molecule has 170 valence electrons. The summed E-state index contributed by atoms with van der Waals surface area (Å²) in [7, 11) is 3.53. The van der Waals surface area contributed by atoms with E-state index in [1.165, 1.54) is 32.1 Å². The van der Waals surface area contributed by atoms with Crippen LogP contribution in [0.3, 0.4) is 0 Å². The van der Waals surface area contributed by atoms with Gasteiger partial charge in [0.25, 0.3) is 0 Å². The first-order valence-electron chi connectivity index (χ1n) is 10.6. The van der Waals surface area contributed by atoms with E-state index in [9.17, 15) is 9.18 Å². The lowest BCUT2D eigenvalue weighted by molar-refractivity contribution is 0.111. The molecule has 2 N–H and O–H groups in total. The topological polar surface area (TPSA) is 59.6 Å². The summed E-state index contributed by atoms with van der Waals surface area (Å²) in [5.74, 6) is 0.237. The van der Waals surface area contributed by atoms with Crippen LogP contribution >= 0.6 is 11.9 Å². The Labute approximate surface area is 189 Å². The highest BCUT2D eigenvalue weighted by Gasteiger charge is 2.12. The molecule has 2 aromatic carbocycles. The molecule has 7 heteroatoms. The maximum absolute atomic E-state index is 13.7. The highest BCUT2D eigenvalue weighted by atomic mass is 32.2. The van der Waals surface area contributed by atoms with Crippen LogP contribution in [0.15, 0.2) is 36.4 Å². The number of aldehydes is 1. The average molecular weight is 449 g/mol. The molecule has 2 aromatic rings. The van der Waals surface area contributed by atoms with E-state index >= 15 is 0 Å². The highest BCUT2D eigenvalue weighted by molar-refractivity contribution is 7.97. The smallest absolute Gasteiger partial charge is 0.153 e. The molecule has 1 saturated carbocycles. The zero-order valence-corrected chi connectivity index (χ0v) is 19.4. The zero-order chi connectivity index (χ0) is 22.5. The summed E-state index contributed by atoms with van der Waals surface area (Å²) < 4.78 is 24.2. The van der Waals surface area contributed by atoms with E-state index in [1.54, 1.807) is 26.2 Å². The largest absolute Gasteiger partial charge is 0.491 e. The Bertz CT molecular complexity index is 813. The average Bonchev–Trinajstić information content (AvgIpc) is 2.81. The molecule has 1 fully saturated rings. The first-order chi connectivity index (χ1) is 15.1. The molecule has 0 aromatic heterocycles. The van der Waals surface area contributed by atoms with Crippen LogP contribution in [-0.2, 0) is 4.74 Å². The summed E-state index contributed by atoms with van der Waals surface area (Å²) in [5, 5.41) is 0.848. The number of hydrazine groups is 1. The van der Waals surface area contributed by atoms with Gasteiger partial charge >= 0.3 is 0 Å². The summed E-state index contributed by atoms with van der Waals surface area (Å²) in [6.07, 6.45) is 7.59. The van der Waals surface area contributed by atoms with Gasteiger partial charge in [0, 0.05) is 12.4 Å². The van der Waals surface area contributed by atoms with Crippen LogP contribution in [0.4, 0.5) is 4.39 Å². The number of methoxy groups -OCH3 is 1. The van der Waals surface area contributed by atoms with E-state index in [0.29, 0.717) is 30.8 Å². The number of ether oxygens (including phenoxy) is 2. The summed E-state index contributed by atoms with van der Waals surface area (Å²) in [5.41, 5.74) is 5.09. The molecule has 31 heavy (non-hydrogen) atoms. The third kappa shape index (κ3) is 8.61. The molecule has 0 aliphatic heterocycles. The van der Waals surface area contributed by atoms with Gasteiger partial charge < -0.3 is 9.47 Å².